The van der Waals surface area contributed by atoms with Crippen molar-refractivity contribution in [2.75, 3.05) is 20.2 Å². The van der Waals surface area contributed by atoms with Crippen molar-refractivity contribution in [2.45, 2.75) is 31.2 Å². The van der Waals surface area contributed by atoms with Gasteiger partial charge in [-0.3, -0.25) is 0 Å². The summed E-state index contributed by atoms with van der Waals surface area (Å²) in [7, 11) is -2.05. The molecule has 0 bridgehead atoms. The number of hydrogen-bond acceptors (Lipinski definition) is 4. The van der Waals surface area contributed by atoms with Gasteiger partial charge < -0.3 is 10.5 Å². The molecule has 1 heterocycles. The van der Waals surface area contributed by atoms with Gasteiger partial charge in [0.2, 0.25) is 10.0 Å². The smallest absolute Gasteiger partial charge is 0.246 e. The summed E-state index contributed by atoms with van der Waals surface area (Å²) in [5.74, 6) is 0.549. The lowest BCUT2D eigenvalue weighted by Crippen LogP contribution is -2.48. The third-order valence-electron chi connectivity index (χ3n) is 3.87. The summed E-state index contributed by atoms with van der Waals surface area (Å²) in [6.45, 7) is 4.78. The molecule has 0 amide bonds. The molecule has 0 aromatic heterocycles. The minimum atomic E-state index is -3.53. The van der Waals surface area contributed by atoms with Crippen LogP contribution in [0.15, 0.2) is 23.1 Å². The minimum absolute atomic E-state index is 0. The Bertz CT molecular complexity index is 592. The van der Waals surface area contributed by atoms with Gasteiger partial charge in [0.1, 0.15) is 10.6 Å². The maximum absolute atomic E-state index is 12.8. The van der Waals surface area contributed by atoms with Crippen molar-refractivity contribution >= 4 is 22.4 Å². The number of piperidine rings is 1. The van der Waals surface area contributed by atoms with E-state index in [1.54, 1.807) is 12.1 Å². The Balaban J connectivity index is 0.00000220. The second-order valence-corrected chi connectivity index (χ2v) is 7.35. The number of nitrogens with two attached hydrogens (primary N) is 1. The fourth-order valence-corrected chi connectivity index (χ4v) is 4.26. The van der Waals surface area contributed by atoms with Crippen molar-refractivity contribution in [2.24, 2.45) is 11.7 Å². The number of benzene rings is 1. The van der Waals surface area contributed by atoms with Gasteiger partial charge in [0.15, 0.2) is 0 Å². The predicted octanol–water partition coefficient (Wildman–Crippen LogP) is 1.78. The fourth-order valence-electron chi connectivity index (χ4n) is 2.47. The van der Waals surface area contributed by atoms with E-state index in [0.29, 0.717) is 25.3 Å². The Morgan fingerprint density at radius 1 is 1.38 bits per heavy atom. The summed E-state index contributed by atoms with van der Waals surface area (Å²) in [6.07, 6.45) is 0.689. The van der Waals surface area contributed by atoms with Crippen LogP contribution in [0.1, 0.15) is 18.9 Å². The number of hydrogen-bond donors (Lipinski definition) is 1. The van der Waals surface area contributed by atoms with Crippen LogP contribution in [-0.4, -0.2) is 39.0 Å². The third-order valence-corrected chi connectivity index (χ3v) is 5.76. The van der Waals surface area contributed by atoms with E-state index in [1.807, 2.05) is 19.9 Å². The molecular formula is C14H23ClN2O3S. The molecule has 2 unspecified atom stereocenters. The highest BCUT2D eigenvalue weighted by atomic mass is 35.5. The Morgan fingerprint density at radius 3 is 2.62 bits per heavy atom. The van der Waals surface area contributed by atoms with E-state index in [2.05, 4.69) is 0 Å². The molecular weight excluding hydrogens is 312 g/mol. The molecule has 2 atom stereocenters. The van der Waals surface area contributed by atoms with Crippen LogP contribution in [-0.2, 0) is 10.0 Å². The zero-order valence-electron chi connectivity index (χ0n) is 12.6. The number of ether oxygens (including phenoxy) is 1. The summed E-state index contributed by atoms with van der Waals surface area (Å²) >= 11 is 0. The molecule has 1 aromatic carbocycles. The van der Waals surface area contributed by atoms with E-state index >= 15 is 0 Å². The van der Waals surface area contributed by atoms with E-state index in [0.717, 1.165) is 5.56 Å². The average molecular weight is 335 g/mol. The number of methoxy groups -OCH3 is 1. The third kappa shape index (κ3) is 3.69. The van der Waals surface area contributed by atoms with Gasteiger partial charge in [-0.05, 0) is 37.0 Å². The van der Waals surface area contributed by atoms with Crippen molar-refractivity contribution in [3.8, 4) is 5.75 Å². The van der Waals surface area contributed by atoms with Gasteiger partial charge in [0, 0.05) is 19.1 Å². The van der Waals surface area contributed by atoms with Crippen LogP contribution < -0.4 is 10.5 Å². The van der Waals surface area contributed by atoms with Crippen molar-refractivity contribution in [3.63, 3.8) is 0 Å². The molecule has 1 aliphatic rings. The maximum atomic E-state index is 12.8. The number of sulfonamides is 1. The van der Waals surface area contributed by atoms with Gasteiger partial charge >= 0.3 is 0 Å². The molecule has 21 heavy (non-hydrogen) atoms. The van der Waals surface area contributed by atoms with Crippen LogP contribution in [0.3, 0.4) is 0 Å². The quantitative estimate of drug-likeness (QED) is 0.914. The first-order valence-electron chi connectivity index (χ1n) is 6.76. The van der Waals surface area contributed by atoms with Crippen molar-refractivity contribution < 1.29 is 13.2 Å². The van der Waals surface area contributed by atoms with Gasteiger partial charge in [-0.2, -0.15) is 4.31 Å². The van der Waals surface area contributed by atoms with Crippen molar-refractivity contribution in [1.29, 1.82) is 0 Å². The lowest BCUT2D eigenvalue weighted by molar-refractivity contribution is 0.249. The van der Waals surface area contributed by atoms with Crippen LogP contribution in [0, 0.1) is 12.8 Å². The van der Waals surface area contributed by atoms with E-state index in [4.69, 9.17) is 10.5 Å². The van der Waals surface area contributed by atoms with Gasteiger partial charge in [-0.1, -0.05) is 13.0 Å². The highest BCUT2D eigenvalue weighted by Gasteiger charge is 2.33. The lowest BCUT2D eigenvalue weighted by atomic mass is 9.96. The maximum Gasteiger partial charge on any atom is 0.246 e. The van der Waals surface area contributed by atoms with Crippen LogP contribution >= 0.6 is 12.4 Å². The Hall–Kier alpha value is -0.820. The molecule has 0 aliphatic carbocycles. The first-order chi connectivity index (χ1) is 9.36. The first kappa shape index (κ1) is 18.2. The standard InChI is InChI=1S/C14H22N2O3S.ClH/c1-10-4-5-13(19-3)14(8-10)20(17,18)16-7-6-12(15)11(2)9-16;/h4-5,8,11-12H,6-7,9,15H2,1-3H3;1H. The van der Waals surface area contributed by atoms with Crippen LogP contribution in [0.4, 0.5) is 0 Å². The Kier molecular flexibility index (Phi) is 6.04. The molecule has 5 nitrogen and oxygen atoms in total. The molecule has 1 saturated heterocycles. The monoisotopic (exact) mass is 334 g/mol. The van der Waals surface area contributed by atoms with Gasteiger partial charge in [0.25, 0.3) is 0 Å². The van der Waals surface area contributed by atoms with Crippen molar-refractivity contribution in [3.05, 3.63) is 23.8 Å². The van der Waals surface area contributed by atoms with Crippen LogP contribution in [0.5, 0.6) is 5.75 Å². The highest BCUT2D eigenvalue weighted by Crippen LogP contribution is 2.30. The van der Waals surface area contributed by atoms with Crippen LogP contribution in [0.2, 0.25) is 0 Å². The summed E-state index contributed by atoms with van der Waals surface area (Å²) in [4.78, 5) is 0.239. The molecule has 0 radical (unpaired) electrons. The largest absolute Gasteiger partial charge is 0.495 e. The Morgan fingerprint density at radius 2 is 2.05 bits per heavy atom. The van der Waals surface area contributed by atoms with E-state index in [9.17, 15) is 8.42 Å². The van der Waals surface area contributed by atoms with E-state index in [1.165, 1.54) is 11.4 Å². The molecule has 0 saturated carbocycles. The SMILES string of the molecule is COc1ccc(C)cc1S(=O)(=O)N1CCC(N)C(C)C1.Cl. The molecule has 7 heteroatoms. The normalized spacial score (nSPS) is 23.4. The summed E-state index contributed by atoms with van der Waals surface area (Å²) in [6, 6.07) is 5.27. The van der Waals surface area contributed by atoms with Crippen LogP contribution in [0.25, 0.3) is 0 Å². The number of aryl methyl sites for hydroxylation is 1. The van der Waals surface area contributed by atoms with Gasteiger partial charge in [-0.15, -0.1) is 12.4 Å². The second kappa shape index (κ2) is 6.96. The second-order valence-electron chi connectivity index (χ2n) is 5.45. The van der Waals surface area contributed by atoms with E-state index in [-0.39, 0.29) is 29.3 Å². The topological polar surface area (TPSA) is 72.6 Å². The molecule has 1 aromatic rings. The average Bonchev–Trinajstić information content (AvgIpc) is 2.41. The van der Waals surface area contributed by atoms with Crippen molar-refractivity contribution in [1.82, 2.24) is 4.31 Å². The molecule has 1 aliphatic heterocycles. The lowest BCUT2D eigenvalue weighted by Gasteiger charge is -2.34. The molecule has 120 valence electrons. The fraction of sp³-hybridized carbons (Fsp3) is 0.571. The molecule has 0 spiro atoms. The highest BCUT2D eigenvalue weighted by molar-refractivity contribution is 7.89. The summed E-state index contributed by atoms with van der Waals surface area (Å²) in [5.41, 5.74) is 6.85. The number of rotatable bonds is 3. The molecule has 1 fully saturated rings. The van der Waals surface area contributed by atoms with Gasteiger partial charge in [0.05, 0.1) is 7.11 Å². The number of nitrogens with zero attached hydrogens (tertiary/aromatic N) is 1. The van der Waals surface area contributed by atoms with E-state index < -0.39 is 10.0 Å². The Labute approximate surface area is 132 Å². The summed E-state index contributed by atoms with van der Waals surface area (Å²) < 4.78 is 32.3. The minimum Gasteiger partial charge on any atom is -0.495 e. The summed E-state index contributed by atoms with van der Waals surface area (Å²) in [5, 5.41) is 0. The predicted molar refractivity (Wildman–Crippen MR) is 85.5 cm³/mol. The first-order valence-corrected chi connectivity index (χ1v) is 8.20. The molecule has 2 N–H and O–H groups in total. The molecule has 2 rings (SSSR count). The van der Waals surface area contributed by atoms with Gasteiger partial charge in [-0.25, -0.2) is 8.42 Å². The zero-order valence-corrected chi connectivity index (χ0v) is 14.2. The zero-order chi connectivity index (χ0) is 14.9. The number of halogens is 1.